The van der Waals surface area contributed by atoms with E-state index in [9.17, 15) is 0 Å². The van der Waals surface area contributed by atoms with E-state index in [1.807, 2.05) is 12.4 Å². The fraction of sp³-hybridized carbons (Fsp3) is 0.800. The van der Waals surface area contributed by atoms with E-state index in [1.165, 1.54) is 32.1 Å². The minimum atomic E-state index is 0.728. The quantitative estimate of drug-likeness (QED) is 0.823. The number of imidazole rings is 1. The van der Waals surface area contributed by atoms with Crippen molar-refractivity contribution in [2.24, 2.45) is 11.8 Å². The third-order valence-electron chi connectivity index (χ3n) is 4.22. The average molecular weight is 265 g/mol. The van der Waals surface area contributed by atoms with E-state index in [0.717, 1.165) is 37.5 Å². The van der Waals surface area contributed by atoms with E-state index in [-0.39, 0.29) is 0 Å². The van der Waals surface area contributed by atoms with E-state index in [4.69, 9.17) is 4.74 Å². The topological polar surface area (TPSA) is 39.1 Å². The molecule has 0 spiro atoms. The fourth-order valence-corrected chi connectivity index (χ4v) is 2.85. The molecule has 1 heterocycles. The lowest BCUT2D eigenvalue weighted by atomic mass is 9.81. The molecule has 0 atom stereocenters. The van der Waals surface area contributed by atoms with Crippen LogP contribution in [-0.2, 0) is 11.3 Å². The van der Waals surface area contributed by atoms with Crippen LogP contribution in [0.4, 0.5) is 5.95 Å². The predicted molar refractivity (Wildman–Crippen MR) is 78.3 cm³/mol. The monoisotopic (exact) mass is 265 g/mol. The number of anilines is 1. The van der Waals surface area contributed by atoms with Gasteiger partial charge in [0.25, 0.3) is 0 Å². The Balaban J connectivity index is 1.69. The van der Waals surface area contributed by atoms with Gasteiger partial charge in [-0.3, -0.25) is 0 Å². The van der Waals surface area contributed by atoms with E-state index in [2.05, 4.69) is 21.8 Å². The second kappa shape index (κ2) is 7.53. The largest absolute Gasteiger partial charge is 0.383 e. The molecule has 1 N–H and O–H groups in total. The third-order valence-corrected chi connectivity index (χ3v) is 4.22. The molecule has 4 heteroatoms. The Hall–Kier alpha value is -1.03. The van der Waals surface area contributed by atoms with Crippen LogP contribution in [0.1, 0.15) is 39.0 Å². The third kappa shape index (κ3) is 4.53. The molecular weight excluding hydrogens is 238 g/mol. The van der Waals surface area contributed by atoms with Crippen LogP contribution in [0.2, 0.25) is 0 Å². The van der Waals surface area contributed by atoms with Crippen molar-refractivity contribution >= 4 is 5.95 Å². The number of hydrogen-bond acceptors (Lipinski definition) is 3. The summed E-state index contributed by atoms with van der Waals surface area (Å²) >= 11 is 0. The Kier molecular flexibility index (Phi) is 5.70. The molecule has 0 radical (unpaired) electrons. The molecule has 0 saturated heterocycles. The molecule has 0 aliphatic heterocycles. The molecule has 1 saturated carbocycles. The van der Waals surface area contributed by atoms with Crippen molar-refractivity contribution in [2.45, 2.75) is 45.6 Å². The summed E-state index contributed by atoms with van der Waals surface area (Å²) in [5.74, 6) is 2.82. The van der Waals surface area contributed by atoms with Gasteiger partial charge in [0.05, 0.1) is 6.61 Å². The minimum absolute atomic E-state index is 0.728. The van der Waals surface area contributed by atoms with Gasteiger partial charge in [-0.1, -0.05) is 32.6 Å². The number of hydrogen-bond donors (Lipinski definition) is 1. The maximum atomic E-state index is 5.10. The van der Waals surface area contributed by atoms with Gasteiger partial charge in [0.2, 0.25) is 5.95 Å². The first-order chi connectivity index (χ1) is 9.29. The van der Waals surface area contributed by atoms with Gasteiger partial charge in [0.15, 0.2) is 0 Å². The number of ether oxygens (including phenoxy) is 1. The zero-order chi connectivity index (χ0) is 13.5. The van der Waals surface area contributed by atoms with Crippen molar-refractivity contribution in [1.29, 1.82) is 0 Å². The summed E-state index contributed by atoms with van der Waals surface area (Å²) in [5, 5.41) is 3.46. The molecule has 0 amide bonds. The highest BCUT2D eigenvalue weighted by Gasteiger charge is 2.17. The zero-order valence-electron chi connectivity index (χ0n) is 12.3. The van der Waals surface area contributed by atoms with Crippen molar-refractivity contribution < 1.29 is 4.74 Å². The Morgan fingerprint density at radius 1 is 1.37 bits per heavy atom. The molecule has 1 aromatic heterocycles. The molecule has 0 unspecified atom stereocenters. The number of rotatable bonds is 7. The van der Waals surface area contributed by atoms with Gasteiger partial charge >= 0.3 is 0 Å². The van der Waals surface area contributed by atoms with Crippen LogP contribution in [0.15, 0.2) is 12.4 Å². The van der Waals surface area contributed by atoms with Gasteiger partial charge in [0, 0.05) is 32.6 Å². The van der Waals surface area contributed by atoms with Gasteiger partial charge in [-0.2, -0.15) is 0 Å². The van der Waals surface area contributed by atoms with E-state index >= 15 is 0 Å². The molecule has 1 fully saturated rings. The lowest BCUT2D eigenvalue weighted by molar-refractivity contribution is 0.187. The van der Waals surface area contributed by atoms with Crippen LogP contribution >= 0.6 is 0 Å². The molecule has 1 aliphatic rings. The fourth-order valence-electron chi connectivity index (χ4n) is 2.85. The number of aromatic nitrogens is 2. The van der Waals surface area contributed by atoms with Gasteiger partial charge in [0.1, 0.15) is 0 Å². The van der Waals surface area contributed by atoms with Crippen LogP contribution in [-0.4, -0.2) is 29.8 Å². The molecule has 108 valence electrons. The number of nitrogens with zero attached hydrogens (tertiary/aromatic N) is 2. The highest BCUT2D eigenvalue weighted by molar-refractivity contribution is 5.25. The number of methoxy groups -OCH3 is 1. The lowest BCUT2D eigenvalue weighted by Crippen LogP contribution is -2.17. The summed E-state index contributed by atoms with van der Waals surface area (Å²) in [7, 11) is 1.73. The van der Waals surface area contributed by atoms with Gasteiger partial charge in [-0.05, 0) is 18.3 Å². The minimum Gasteiger partial charge on any atom is -0.383 e. The molecular formula is C15H27N3O. The molecule has 0 bridgehead atoms. The first kappa shape index (κ1) is 14.4. The summed E-state index contributed by atoms with van der Waals surface area (Å²) in [6.45, 7) is 5.00. The lowest BCUT2D eigenvalue weighted by Gasteiger charge is -2.26. The summed E-state index contributed by atoms with van der Waals surface area (Å²) in [4.78, 5) is 4.36. The van der Waals surface area contributed by atoms with Crippen molar-refractivity contribution in [3.8, 4) is 0 Å². The van der Waals surface area contributed by atoms with Gasteiger partial charge in [-0.15, -0.1) is 0 Å². The standard InChI is InChI=1S/C15H27N3O/c1-13-3-5-14(6-4-13)7-8-16-15-17-9-10-18(15)11-12-19-2/h9-10,13-14H,3-8,11-12H2,1-2H3,(H,16,17). The smallest absolute Gasteiger partial charge is 0.202 e. The highest BCUT2D eigenvalue weighted by atomic mass is 16.5. The Labute approximate surface area is 116 Å². The maximum Gasteiger partial charge on any atom is 0.202 e. The summed E-state index contributed by atoms with van der Waals surface area (Å²) < 4.78 is 7.22. The normalized spacial score (nSPS) is 23.5. The predicted octanol–water partition coefficient (Wildman–Crippen LogP) is 3.16. The first-order valence-corrected chi connectivity index (χ1v) is 7.53. The van der Waals surface area contributed by atoms with E-state index < -0.39 is 0 Å². The second-order valence-corrected chi connectivity index (χ2v) is 5.78. The molecule has 0 aromatic carbocycles. The average Bonchev–Trinajstić information content (AvgIpc) is 2.86. The van der Waals surface area contributed by atoms with Gasteiger partial charge in [-0.25, -0.2) is 4.98 Å². The summed E-state index contributed by atoms with van der Waals surface area (Å²) in [6, 6.07) is 0. The first-order valence-electron chi connectivity index (χ1n) is 7.53. The van der Waals surface area contributed by atoms with Crippen molar-refractivity contribution in [1.82, 2.24) is 9.55 Å². The Morgan fingerprint density at radius 2 is 2.16 bits per heavy atom. The molecule has 1 aliphatic carbocycles. The Morgan fingerprint density at radius 3 is 2.89 bits per heavy atom. The molecule has 1 aromatic rings. The van der Waals surface area contributed by atoms with Crippen LogP contribution in [0.3, 0.4) is 0 Å². The van der Waals surface area contributed by atoms with E-state index in [1.54, 1.807) is 7.11 Å². The second-order valence-electron chi connectivity index (χ2n) is 5.78. The Bertz CT molecular complexity index is 356. The van der Waals surface area contributed by atoms with Crippen molar-refractivity contribution in [3.63, 3.8) is 0 Å². The summed E-state index contributed by atoms with van der Waals surface area (Å²) in [6.07, 6.45) is 10.7. The summed E-state index contributed by atoms with van der Waals surface area (Å²) in [5.41, 5.74) is 0. The van der Waals surface area contributed by atoms with Gasteiger partial charge < -0.3 is 14.6 Å². The molecule has 19 heavy (non-hydrogen) atoms. The maximum absolute atomic E-state index is 5.10. The molecule has 4 nitrogen and oxygen atoms in total. The number of nitrogens with one attached hydrogen (secondary N) is 1. The van der Waals surface area contributed by atoms with Crippen LogP contribution in [0.25, 0.3) is 0 Å². The van der Waals surface area contributed by atoms with Crippen LogP contribution in [0.5, 0.6) is 0 Å². The van der Waals surface area contributed by atoms with E-state index in [0.29, 0.717) is 0 Å². The zero-order valence-corrected chi connectivity index (χ0v) is 12.3. The van der Waals surface area contributed by atoms with Crippen molar-refractivity contribution in [3.05, 3.63) is 12.4 Å². The molecule has 2 rings (SSSR count). The highest BCUT2D eigenvalue weighted by Crippen LogP contribution is 2.30. The SMILES string of the molecule is COCCn1ccnc1NCCC1CCC(C)CC1. The van der Waals surface area contributed by atoms with Crippen LogP contribution in [0, 0.1) is 11.8 Å². The van der Waals surface area contributed by atoms with Crippen LogP contribution < -0.4 is 5.32 Å². The van der Waals surface area contributed by atoms with Crippen molar-refractivity contribution in [2.75, 3.05) is 25.6 Å².